The maximum absolute atomic E-state index is 9.66. The first-order chi connectivity index (χ1) is 3.81. The van der Waals surface area contributed by atoms with Crippen molar-refractivity contribution in [3.05, 3.63) is 0 Å². The molecule has 0 radical (unpaired) electrons. The van der Waals surface area contributed by atoms with Gasteiger partial charge in [-0.2, -0.15) is 0 Å². The number of rotatable bonds is 4. The van der Waals surface area contributed by atoms with Gasteiger partial charge in [-0.3, -0.25) is 0 Å². The molecule has 50 valence electrons. The highest BCUT2D eigenvalue weighted by molar-refractivity contribution is 7.23. The molecular formula is C3H8ClO3P. The van der Waals surface area contributed by atoms with Gasteiger partial charge in [-0.15, -0.1) is 11.6 Å². The van der Waals surface area contributed by atoms with Crippen molar-refractivity contribution in [1.29, 1.82) is 0 Å². The van der Waals surface area contributed by atoms with Crippen molar-refractivity contribution >= 4 is 20.6 Å². The van der Waals surface area contributed by atoms with Crippen molar-refractivity contribution in [1.82, 2.24) is 0 Å². The monoisotopic (exact) mass is 158 g/mol. The van der Waals surface area contributed by atoms with Crippen molar-refractivity contribution in [3.63, 3.8) is 0 Å². The van der Waals surface area contributed by atoms with E-state index in [-0.39, 0.29) is 12.5 Å². The topological polar surface area (TPSA) is 52.5 Å². The van der Waals surface area contributed by atoms with Gasteiger partial charge in [0.2, 0.25) is 0 Å². The van der Waals surface area contributed by atoms with Crippen LogP contribution in [-0.2, 0) is 4.52 Å². The molecule has 0 aromatic carbocycles. The number of alkyl halides is 1. The maximum atomic E-state index is 9.66. The summed E-state index contributed by atoms with van der Waals surface area (Å²) in [6, 6.07) is 0. The predicted octanol–water partition coefficient (Wildman–Crippen LogP) is -0.796. The minimum atomic E-state index is -1.21. The fraction of sp³-hybridized carbons (Fsp3) is 1.00. The van der Waals surface area contributed by atoms with Gasteiger partial charge in [0.05, 0.1) is 21.0 Å². The van der Waals surface area contributed by atoms with Crippen LogP contribution in [0, 0.1) is 0 Å². The van der Waals surface area contributed by atoms with Crippen molar-refractivity contribution in [2.45, 2.75) is 6.10 Å². The van der Waals surface area contributed by atoms with Gasteiger partial charge in [-0.1, -0.05) is 0 Å². The van der Waals surface area contributed by atoms with E-state index in [4.69, 9.17) is 16.7 Å². The van der Waals surface area contributed by atoms with Gasteiger partial charge in [0.25, 0.3) is 0 Å². The number of aliphatic hydroxyl groups is 1. The third kappa shape index (κ3) is 4.75. The summed E-state index contributed by atoms with van der Waals surface area (Å²) in [4.78, 5) is 9.66. The second-order valence-corrected chi connectivity index (χ2v) is 2.07. The first-order valence-electron chi connectivity index (χ1n) is 2.10. The summed E-state index contributed by atoms with van der Waals surface area (Å²) in [5.74, 6) is 0.124. The van der Waals surface area contributed by atoms with E-state index >= 15 is 0 Å². The van der Waals surface area contributed by atoms with Crippen molar-refractivity contribution < 1.29 is 14.5 Å². The Balaban J connectivity index is 2.86. The Morgan fingerprint density at radius 3 is 2.88 bits per heavy atom. The smallest absolute Gasteiger partial charge is 0.117 e. The summed E-state index contributed by atoms with van der Waals surface area (Å²) in [7, 11) is -1.21. The number of hydrogen-bond donors (Lipinski definition) is 1. The maximum Gasteiger partial charge on any atom is 0.117 e. The molecule has 8 heavy (non-hydrogen) atoms. The Bertz CT molecular complexity index is 53.8. The molecule has 0 heterocycles. The molecule has 0 aliphatic rings. The van der Waals surface area contributed by atoms with E-state index in [1.807, 2.05) is 0 Å². The SMILES string of the molecule is [O-][PH2+]OCC(O)CCl. The van der Waals surface area contributed by atoms with Gasteiger partial charge in [0, 0.05) is 0 Å². The van der Waals surface area contributed by atoms with Crippen LogP contribution in [0.2, 0.25) is 0 Å². The molecule has 3 nitrogen and oxygen atoms in total. The third-order valence-corrected chi connectivity index (χ3v) is 1.22. The molecule has 0 aromatic heterocycles. The minimum absolute atomic E-state index is 0.0718. The highest BCUT2D eigenvalue weighted by Crippen LogP contribution is 1.99. The number of halogens is 1. The van der Waals surface area contributed by atoms with Gasteiger partial charge >= 0.3 is 0 Å². The first-order valence-corrected chi connectivity index (χ1v) is 3.58. The fourth-order valence-corrected chi connectivity index (χ4v) is 0.585. The van der Waals surface area contributed by atoms with Crippen LogP contribution < -0.4 is 4.89 Å². The molecule has 0 aliphatic heterocycles. The van der Waals surface area contributed by atoms with Crippen LogP contribution in [0.25, 0.3) is 0 Å². The number of hydrogen-bond acceptors (Lipinski definition) is 3. The van der Waals surface area contributed by atoms with Crippen LogP contribution in [0.1, 0.15) is 0 Å². The third-order valence-electron chi connectivity index (χ3n) is 0.535. The molecule has 0 aliphatic carbocycles. The molecule has 0 saturated heterocycles. The molecule has 0 spiro atoms. The Hall–Kier alpha value is 0.600. The molecule has 2 atom stereocenters. The lowest BCUT2D eigenvalue weighted by Crippen LogP contribution is -2.14. The van der Waals surface area contributed by atoms with Crippen LogP contribution in [0.3, 0.4) is 0 Å². The van der Waals surface area contributed by atoms with Crippen LogP contribution in [0.5, 0.6) is 0 Å². The quantitative estimate of drug-likeness (QED) is 0.431. The standard InChI is InChI=1S/C3H8ClO3P/c4-1-3(5)2-7-8-6/h3,5H,1-2,8H2. The molecule has 0 rings (SSSR count). The van der Waals surface area contributed by atoms with E-state index in [1.165, 1.54) is 0 Å². The molecule has 5 heteroatoms. The summed E-state index contributed by atoms with van der Waals surface area (Å²) in [5.41, 5.74) is 0. The van der Waals surface area contributed by atoms with Crippen LogP contribution in [-0.4, -0.2) is 23.7 Å². The Morgan fingerprint density at radius 2 is 2.50 bits per heavy atom. The average molecular weight is 159 g/mol. The lowest BCUT2D eigenvalue weighted by molar-refractivity contribution is -0.170. The summed E-state index contributed by atoms with van der Waals surface area (Å²) >= 11 is 5.16. The van der Waals surface area contributed by atoms with Gasteiger partial charge in [-0.25, -0.2) is 4.52 Å². The summed E-state index contributed by atoms with van der Waals surface area (Å²) in [5, 5.41) is 8.61. The van der Waals surface area contributed by atoms with E-state index in [0.29, 0.717) is 0 Å². The lowest BCUT2D eigenvalue weighted by atomic mass is 10.4. The number of aliphatic hydroxyl groups excluding tert-OH is 1. The summed E-state index contributed by atoms with van der Waals surface area (Å²) in [6.07, 6.45) is -0.682. The first kappa shape index (κ1) is 8.60. The Labute approximate surface area is 54.6 Å². The van der Waals surface area contributed by atoms with Crippen molar-refractivity contribution in [2.24, 2.45) is 0 Å². The average Bonchev–Trinajstić information content (AvgIpc) is 1.83. The normalized spacial score (nSPS) is 15.4. The van der Waals surface area contributed by atoms with Crippen LogP contribution in [0.15, 0.2) is 0 Å². The molecule has 1 N–H and O–H groups in total. The minimum Gasteiger partial charge on any atom is -0.659 e. The summed E-state index contributed by atoms with van der Waals surface area (Å²) in [6.45, 7) is 0.0718. The molecular weight excluding hydrogens is 150 g/mol. The second kappa shape index (κ2) is 5.73. The van der Waals surface area contributed by atoms with E-state index in [9.17, 15) is 4.89 Å². The van der Waals surface area contributed by atoms with Crippen LogP contribution >= 0.6 is 20.6 Å². The largest absolute Gasteiger partial charge is 0.659 e. The zero-order chi connectivity index (χ0) is 6.41. The highest BCUT2D eigenvalue weighted by Gasteiger charge is 2.00. The van der Waals surface area contributed by atoms with Gasteiger partial charge < -0.3 is 10.00 Å². The molecule has 0 saturated carbocycles. The Morgan fingerprint density at radius 1 is 1.88 bits per heavy atom. The molecule has 0 aromatic rings. The fourth-order valence-electron chi connectivity index (χ4n) is 0.195. The predicted molar refractivity (Wildman–Crippen MR) is 32.4 cm³/mol. The van der Waals surface area contributed by atoms with Crippen LogP contribution in [0.4, 0.5) is 0 Å². The van der Waals surface area contributed by atoms with Crippen molar-refractivity contribution in [3.8, 4) is 0 Å². The molecule has 0 fully saturated rings. The molecule has 0 amide bonds. The van der Waals surface area contributed by atoms with E-state index < -0.39 is 15.1 Å². The Kier molecular flexibility index (Phi) is 6.16. The van der Waals surface area contributed by atoms with Gasteiger partial charge in [0.1, 0.15) is 6.61 Å². The van der Waals surface area contributed by atoms with E-state index in [2.05, 4.69) is 4.52 Å². The summed E-state index contributed by atoms with van der Waals surface area (Å²) < 4.78 is 4.38. The second-order valence-electron chi connectivity index (χ2n) is 1.24. The van der Waals surface area contributed by atoms with E-state index in [0.717, 1.165) is 0 Å². The highest BCUT2D eigenvalue weighted by atomic mass is 35.5. The van der Waals surface area contributed by atoms with E-state index in [1.54, 1.807) is 0 Å². The van der Waals surface area contributed by atoms with Gasteiger partial charge in [-0.05, 0) is 0 Å². The zero-order valence-corrected chi connectivity index (χ0v) is 6.12. The lowest BCUT2D eigenvalue weighted by Gasteiger charge is -2.02. The zero-order valence-electron chi connectivity index (χ0n) is 4.21. The van der Waals surface area contributed by atoms with Crippen molar-refractivity contribution in [2.75, 3.05) is 12.5 Å². The molecule has 0 bridgehead atoms. The molecule has 2 unspecified atom stereocenters. The van der Waals surface area contributed by atoms with Gasteiger partial charge in [0.15, 0.2) is 0 Å².